The Labute approximate surface area is 185 Å². The molecule has 0 radical (unpaired) electrons. The van der Waals surface area contributed by atoms with Crippen molar-refractivity contribution in [3.8, 4) is 10.6 Å². The quantitative estimate of drug-likeness (QED) is 0.411. The van der Waals surface area contributed by atoms with Crippen molar-refractivity contribution in [2.45, 2.75) is 13.0 Å². The van der Waals surface area contributed by atoms with Crippen molar-refractivity contribution in [1.82, 2.24) is 14.9 Å². The van der Waals surface area contributed by atoms with Crippen molar-refractivity contribution in [2.24, 2.45) is 0 Å². The average molecular weight is 435 g/mol. The Hall–Kier alpha value is -2.47. The maximum Gasteiger partial charge on any atom is 0.123 e. The van der Waals surface area contributed by atoms with E-state index in [2.05, 4.69) is 50.5 Å². The molecule has 1 aliphatic rings. The smallest absolute Gasteiger partial charge is 0.123 e. The summed E-state index contributed by atoms with van der Waals surface area (Å²) >= 11 is 8.34. The molecular weight excluding hydrogens is 412 g/mol. The van der Waals surface area contributed by atoms with Gasteiger partial charge in [0.2, 0.25) is 0 Å². The lowest BCUT2D eigenvalue weighted by Gasteiger charge is -2.25. The number of nitrogens with zero attached hydrogens (tertiary/aromatic N) is 4. The minimum atomic E-state index is 0.779. The van der Waals surface area contributed by atoms with Crippen LogP contribution in [0.25, 0.3) is 21.5 Å². The first-order chi connectivity index (χ1) is 14.8. The van der Waals surface area contributed by atoms with Crippen LogP contribution in [0, 0.1) is 0 Å². The third-order valence-electron chi connectivity index (χ3n) is 5.56. The Morgan fingerprint density at radius 2 is 1.83 bits per heavy atom. The Balaban J connectivity index is 1.30. The summed E-state index contributed by atoms with van der Waals surface area (Å²) in [7, 11) is 0. The highest BCUT2D eigenvalue weighted by Gasteiger charge is 2.20. The molecule has 0 N–H and O–H groups in total. The second kappa shape index (κ2) is 8.72. The summed E-state index contributed by atoms with van der Waals surface area (Å²) in [6, 6.07) is 18.5. The van der Waals surface area contributed by atoms with Crippen LogP contribution in [-0.2, 0) is 6.54 Å². The van der Waals surface area contributed by atoms with Crippen LogP contribution in [-0.4, -0.2) is 41.0 Å². The molecule has 1 aliphatic heterocycles. The number of benzene rings is 2. The van der Waals surface area contributed by atoms with Crippen molar-refractivity contribution in [3.05, 3.63) is 76.9 Å². The average Bonchev–Trinajstić information content (AvgIpc) is 3.13. The minimum absolute atomic E-state index is 0.779. The van der Waals surface area contributed by atoms with Crippen molar-refractivity contribution < 1.29 is 0 Å². The predicted molar refractivity (Wildman–Crippen MR) is 126 cm³/mol. The second-order valence-electron chi connectivity index (χ2n) is 7.60. The van der Waals surface area contributed by atoms with E-state index >= 15 is 0 Å². The molecule has 0 unspecified atom stereocenters. The first kappa shape index (κ1) is 19.5. The molecule has 6 heteroatoms. The summed E-state index contributed by atoms with van der Waals surface area (Å²) in [4.78, 5) is 14.4. The number of pyridine rings is 1. The van der Waals surface area contributed by atoms with Crippen molar-refractivity contribution in [2.75, 3.05) is 31.1 Å². The van der Waals surface area contributed by atoms with Gasteiger partial charge in [-0.15, -0.1) is 11.3 Å². The van der Waals surface area contributed by atoms with Gasteiger partial charge in [0.1, 0.15) is 5.01 Å². The predicted octanol–water partition coefficient (Wildman–Crippen LogP) is 5.72. The van der Waals surface area contributed by atoms with E-state index in [9.17, 15) is 0 Å². The van der Waals surface area contributed by atoms with Crippen LogP contribution in [0.15, 0.2) is 66.2 Å². The molecule has 0 amide bonds. The number of thiazole rings is 1. The van der Waals surface area contributed by atoms with Gasteiger partial charge in [-0.3, -0.25) is 9.88 Å². The molecule has 0 atom stereocenters. The standard InChI is InChI=1S/C24H23ClN4S/c25-21-10-9-18-8-4-11-26-22(18)23(21)29-13-5-12-28(14-15-29)16-20-17-30-24(27-20)19-6-2-1-3-7-19/h1-4,6-11,17H,5,12-16H2. The molecule has 2 aromatic carbocycles. The number of hydrogen-bond donors (Lipinski definition) is 0. The molecule has 2 aromatic heterocycles. The lowest BCUT2D eigenvalue weighted by molar-refractivity contribution is 0.282. The summed E-state index contributed by atoms with van der Waals surface area (Å²) in [6.07, 6.45) is 2.94. The highest BCUT2D eigenvalue weighted by atomic mass is 35.5. The summed E-state index contributed by atoms with van der Waals surface area (Å²) in [6.45, 7) is 4.85. The molecule has 0 bridgehead atoms. The Morgan fingerprint density at radius 1 is 0.933 bits per heavy atom. The second-order valence-corrected chi connectivity index (χ2v) is 8.86. The Morgan fingerprint density at radius 3 is 2.73 bits per heavy atom. The van der Waals surface area contributed by atoms with Crippen LogP contribution in [0.3, 0.4) is 0 Å². The van der Waals surface area contributed by atoms with E-state index in [1.807, 2.05) is 30.5 Å². The summed E-state index contributed by atoms with van der Waals surface area (Å²) in [5, 5.41) is 5.20. The van der Waals surface area contributed by atoms with E-state index in [1.165, 1.54) is 5.56 Å². The van der Waals surface area contributed by atoms with Gasteiger partial charge >= 0.3 is 0 Å². The molecule has 3 heterocycles. The highest BCUT2D eigenvalue weighted by Crippen LogP contribution is 2.33. The first-order valence-electron chi connectivity index (χ1n) is 10.3. The molecule has 0 saturated carbocycles. The van der Waals surface area contributed by atoms with Gasteiger partial charge in [-0.25, -0.2) is 4.98 Å². The van der Waals surface area contributed by atoms with Crippen molar-refractivity contribution in [3.63, 3.8) is 0 Å². The number of rotatable bonds is 4. The number of fused-ring (bicyclic) bond motifs is 1. The highest BCUT2D eigenvalue weighted by molar-refractivity contribution is 7.13. The number of halogens is 1. The fourth-order valence-corrected chi connectivity index (χ4v) is 5.17. The molecule has 30 heavy (non-hydrogen) atoms. The fourth-order valence-electron chi connectivity index (χ4n) is 4.08. The van der Waals surface area contributed by atoms with Gasteiger partial charge in [-0.05, 0) is 18.6 Å². The fraction of sp³-hybridized carbons (Fsp3) is 0.250. The molecule has 4 nitrogen and oxygen atoms in total. The zero-order chi connectivity index (χ0) is 20.3. The van der Waals surface area contributed by atoms with Gasteiger partial charge in [0.05, 0.1) is 21.9 Å². The molecule has 0 aliphatic carbocycles. The van der Waals surface area contributed by atoms with E-state index in [0.717, 1.165) is 71.5 Å². The van der Waals surface area contributed by atoms with E-state index in [1.54, 1.807) is 11.3 Å². The van der Waals surface area contributed by atoms with Gasteiger partial charge in [0, 0.05) is 55.3 Å². The third-order valence-corrected chi connectivity index (χ3v) is 6.81. The lowest BCUT2D eigenvalue weighted by Crippen LogP contribution is -2.31. The molecule has 0 spiro atoms. The summed E-state index contributed by atoms with van der Waals surface area (Å²) in [5.74, 6) is 0. The maximum atomic E-state index is 6.61. The lowest BCUT2D eigenvalue weighted by atomic mass is 10.1. The molecule has 1 fully saturated rings. The van der Waals surface area contributed by atoms with Crippen LogP contribution in [0.5, 0.6) is 0 Å². The van der Waals surface area contributed by atoms with Gasteiger partial charge in [-0.2, -0.15) is 0 Å². The first-order valence-corrected chi connectivity index (χ1v) is 11.5. The number of aromatic nitrogens is 2. The Kier molecular flexibility index (Phi) is 5.67. The molecule has 4 aromatic rings. The van der Waals surface area contributed by atoms with Gasteiger partial charge < -0.3 is 4.90 Å². The van der Waals surface area contributed by atoms with Crippen LogP contribution in [0.2, 0.25) is 5.02 Å². The van der Waals surface area contributed by atoms with Crippen LogP contribution < -0.4 is 4.90 Å². The largest absolute Gasteiger partial charge is 0.367 e. The molecule has 5 rings (SSSR count). The topological polar surface area (TPSA) is 32.3 Å². The van der Waals surface area contributed by atoms with Crippen LogP contribution in [0.4, 0.5) is 5.69 Å². The van der Waals surface area contributed by atoms with Crippen molar-refractivity contribution >= 4 is 39.5 Å². The van der Waals surface area contributed by atoms with Crippen molar-refractivity contribution in [1.29, 1.82) is 0 Å². The zero-order valence-electron chi connectivity index (χ0n) is 16.7. The van der Waals surface area contributed by atoms with Gasteiger partial charge in [-0.1, -0.05) is 54.1 Å². The van der Waals surface area contributed by atoms with Crippen LogP contribution in [0.1, 0.15) is 12.1 Å². The summed E-state index contributed by atoms with van der Waals surface area (Å²) in [5.41, 5.74) is 4.40. The normalized spacial score (nSPS) is 15.4. The van der Waals surface area contributed by atoms with E-state index in [0.29, 0.717) is 0 Å². The molecular formula is C24H23ClN4S. The van der Waals surface area contributed by atoms with Gasteiger partial charge in [0.25, 0.3) is 0 Å². The zero-order valence-corrected chi connectivity index (χ0v) is 18.2. The van der Waals surface area contributed by atoms with E-state index in [4.69, 9.17) is 16.6 Å². The van der Waals surface area contributed by atoms with E-state index in [-0.39, 0.29) is 0 Å². The third kappa shape index (κ3) is 4.06. The van der Waals surface area contributed by atoms with E-state index < -0.39 is 0 Å². The molecule has 152 valence electrons. The SMILES string of the molecule is Clc1ccc2cccnc2c1N1CCCN(Cc2csc(-c3ccccc3)n2)CC1. The maximum absolute atomic E-state index is 6.61. The number of anilines is 1. The van der Waals surface area contributed by atoms with Gasteiger partial charge in [0.15, 0.2) is 0 Å². The monoisotopic (exact) mass is 434 g/mol. The number of hydrogen-bond acceptors (Lipinski definition) is 5. The molecule has 1 saturated heterocycles. The Bertz CT molecular complexity index is 1140. The minimum Gasteiger partial charge on any atom is -0.367 e. The van der Waals surface area contributed by atoms with Crippen LogP contribution >= 0.6 is 22.9 Å². The summed E-state index contributed by atoms with van der Waals surface area (Å²) < 4.78 is 0.